The molecule has 120 valence electrons. The number of nitrogens with one attached hydrogen (secondary N) is 1. The van der Waals surface area contributed by atoms with Crippen molar-refractivity contribution in [2.45, 2.75) is 83.1 Å². The van der Waals surface area contributed by atoms with Gasteiger partial charge in [-0.15, -0.1) is 0 Å². The van der Waals surface area contributed by atoms with E-state index < -0.39 is 5.54 Å². The summed E-state index contributed by atoms with van der Waals surface area (Å²) in [6, 6.07) is 0. The fourth-order valence-corrected chi connectivity index (χ4v) is 3.80. The average Bonchev–Trinajstić information content (AvgIpc) is 2.51. The lowest BCUT2D eigenvalue weighted by molar-refractivity contribution is -0.156. The van der Waals surface area contributed by atoms with Crippen LogP contribution in [0, 0.1) is 0 Å². The maximum atomic E-state index is 12.4. The second-order valence-electron chi connectivity index (χ2n) is 6.59. The molecular formula is C17H30N2O2. The fraction of sp³-hybridized carbons (Fsp3) is 0.882. The molecule has 0 unspecified atom stereocenters. The minimum Gasteiger partial charge on any atom is -0.345 e. The zero-order chi connectivity index (χ0) is 15.1. The van der Waals surface area contributed by atoms with E-state index in [1.54, 1.807) is 0 Å². The van der Waals surface area contributed by atoms with Crippen LogP contribution in [0.5, 0.6) is 0 Å². The molecule has 0 radical (unpaired) electrons. The fourth-order valence-electron chi connectivity index (χ4n) is 3.80. The highest BCUT2D eigenvalue weighted by atomic mass is 16.2. The summed E-state index contributed by atoms with van der Waals surface area (Å²) in [4.78, 5) is 26.6. The monoisotopic (exact) mass is 294 g/mol. The molecule has 0 atom stereocenters. The molecule has 1 saturated heterocycles. The van der Waals surface area contributed by atoms with Gasteiger partial charge in [0.05, 0.1) is 6.54 Å². The first-order chi connectivity index (χ1) is 10.2. The minimum atomic E-state index is -0.517. The second-order valence-corrected chi connectivity index (χ2v) is 6.59. The summed E-state index contributed by atoms with van der Waals surface area (Å²) in [5, 5.41) is 2.81. The topological polar surface area (TPSA) is 49.4 Å². The number of carbonyl (C=O) groups is 2. The van der Waals surface area contributed by atoms with Crippen LogP contribution in [0.3, 0.4) is 0 Å². The van der Waals surface area contributed by atoms with Gasteiger partial charge in [0.2, 0.25) is 11.8 Å². The molecule has 21 heavy (non-hydrogen) atoms. The Morgan fingerprint density at radius 3 is 2.38 bits per heavy atom. The van der Waals surface area contributed by atoms with Crippen LogP contribution in [0.1, 0.15) is 77.6 Å². The van der Waals surface area contributed by atoms with E-state index in [-0.39, 0.29) is 18.4 Å². The average molecular weight is 294 g/mol. The first-order valence-corrected chi connectivity index (χ1v) is 8.79. The molecule has 1 aliphatic heterocycles. The number of hydrogen-bond acceptors (Lipinski definition) is 2. The highest BCUT2D eigenvalue weighted by Crippen LogP contribution is 2.36. The van der Waals surface area contributed by atoms with Crippen molar-refractivity contribution in [1.82, 2.24) is 10.2 Å². The molecule has 1 spiro atoms. The number of nitrogens with zero attached hydrogens (tertiary/aromatic N) is 1. The van der Waals surface area contributed by atoms with Gasteiger partial charge in [-0.25, -0.2) is 0 Å². The van der Waals surface area contributed by atoms with Crippen LogP contribution < -0.4 is 5.32 Å². The van der Waals surface area contributed by atoms with Crippen LogP contribution in [0.25, 0.3) is 0 Å². The van der Waals surface area contributed by atoms with E-state index >= 15 is 0 Å². The van der Waals surface area contributed by atoms with Gasteiger partial charge >= 0.3 is 0 Å². The van der Waals surface area contributed by atoms with Gasteiger partial charge in [-0.3, -0.25) is 9.59 Å². The lowest BCUT2D eigenvalue weighted by Gasteiger charge is -2.48. The summed E-state index contributed by atoms with van der Waals surface area (Å²) in [5.41, 5.74) is -0.517. The zero-order valence-corrected chi connectivity index (χ0v) is 13.5. The van der Waals surface area contributed by atoms with Gasteiger partial charge in [-0.2, -0.15) is 0 Å². The van der Waals surface area contributed by atoms with Gasteiger partial charge in [-0.1, -0.05) is 58.3 Å². The number of unbranched alkanes of at least 4 members (excludes halogenated alkanes) is 5. The Balaban J connectivity index is 1.90. The van der Waals surface area contributed by atoms with Gasteiger partial charge in [0.1, 0.15) is 5.54 Å². The number of amides is 2. The van der Waals surface area contributed by atoms with Crippen LogP contribution >= 0.6 is 0 Å². The van der Waals surface area contributed by atoms with Gasteiger partial charge < -0.3 is 10.2 Å². The Hall–Kier alpha value is -1.06. The quantitative estimate of drug-likeness (QED) is 0.734. The molecule has 1 heterocycles. The summed E-state index contributed by atoms with van der Waals surface area (Å²) in [5.74, 6) is 0.206. The van der Waals surface area contributed by atoms with Gasteiger partial charge in [-0.05, 0) is 19.3 Å². The lowest BCUT2D eigenvalue weighted by Crippen LogP contribution is -2.67. The summed E-state index contributed by atoms with van der Waals surface area (Å²) < 4.78 is 0. The molecule has 1 aliphatic carbocycles. The maximum absolute atomic E-state index is 12.4. The maximum Gasteiger partial charge on any atom is 0.246 e. The molecule has 2 amide bonds. The Morgan fingerprint density at radius 2 is 1.67 bits per heavy atom. The standard InChI is InChI=1S/C17H30N2O2/c1-2-3-4-5-6-10-13-19-15(20)14-18-16(21)17(19)11-8-7-9-12-17/h2-14H2,1H3,(H,18,21). The molecule has 4 nitrogen and oxygen atoms in total. The summed E-state index contributed by atoms with van der Waals surface area (Å²) in [6.45, 7) is 3.17. The molecule has 0 aromatic carbocycles. The summed E-state index contributed by atoms with van der Waals surface area (Å²) in [6.07, 6.45) is 12.3. The van der Waals surface area contributed by atoms with E-state index in [1.165, 1.54) is 38.5 Å². The third-order valence-corrected chi connectivity index (χ3v) is 5.06. The van der Waals surface area contributed by atoms with E-state index in [1.807, 2.05) is 4.90 Å². The largest absolute Gasteiger partial charge is 0.345 e. The van der Waals surface area contributed by atoms with Crippen molar-refractivity contribution in [3.63, 3.8) is 0 Å². The molecule has 0 aromatic rings. The van der Waals surface area contributed by atoms with Crippen LogP contribution in [0.2, 0.25) is 0 Å². The van der Waals surface area contributed by atoms with Crippen molar-refractivity contribution >= 4 is 11.8 Å². The van der Waals surface area contributed by atoms with E-state index in [9.17, 15) is 9.59 Å². The molecule has 1 N–H and O–H groups in total. The van der Waals surface area contributed by atoms with Crippen LogP contribution in [-0.4, -0.2) is 35.3 Å². The molecule has 2 fully saturated rings. The minimum absolute atomic E-state index is 0.0905. The van der Waals surface area contributed by atoms with Gasteiger partial charge in [0, 0.05) is 6.54 Å². The smallest absolute Gasteiger partial charge is 0.246 e. The first-order valence-electron chi connectivity index (χ1n) is 8.79. The third kappa shape index (κ3) is 3.78. The Labute approximate surface area is 128 Å². The third-order valence-electron chi connectivity index (χ3n) is 5.06. The Kier molecular flexibility index (Phi) is 6.07. The summed E-state index contributed by atoms with van der Waals surface area (Å²) >= 11 is 0. The zero-order valence-electron chi connectivity index (χ0n) is 13.5. The SMILES string of the molecule is CCCCCCCCN1C(=O)CNC(=O)C12CCCCC2. The van der Waals surface area contributed by atoms with Crippen molar-refractivity contribution in [3.05, 3.63) is 0 Å². The van der Waals surface area contributed by atoms with E-state index in [0.29, 0.717) is 0 Å². The van der Waals surface area contributed by atoms with E-state index in [0.717, 1.165) is 38.6 Å². The van der Waals surface area contributed by atoms with Gasteiger partial charge in [0.25, 0.3) is 0 Å². The van der Waals surface area contributed by atoms with E-state index in [2.05, 4.69) is 12.2 Å². The van der Waals surface area contributed by atoms with Crippen molar-refractivity contribution < 1.29 is 9.59 Å². The Bertz CT molecular complexity index is 362. The van der Waals surface area contributed by atoms with Crippen molar-refractivity contribution in [2.24, 2.45) is 0 Å². The molecule has 4 heteroatoms. The highest BCUT2D eigenvalue weighted by Gasteiger charge is 2.49. The predicted molar refractivity (Wildman–Crippen MR) is 83.9 cm³/mol. The number of piperazine rings is 1. The van der Waals surface area contributed by atoms with Crippen molar-refractivity contribution in [2.75, 3.05) is 13.1 Å². The van der Waals surface area contributed by atoms with E-state index in [4.69, 9.17) is 0 Å². The normalized spacial score (nSPS) is 21.7. The molecule has 0 bridgehead atoms. The van der Waals surface area contributed by atoms with Crippen LogP contribution in [0.4, 0.5) is 0 Å². The molecule has 2 aliphatic rings. The Morgan fingerprint density at radius 1 is 1.00 bits per heavy atom. The first kappa shape index (κ1) is 16.3. The van der Waals surface area contributed by atoms with Crippen molar-refractivity contribution in [1.29, 1.82) is 0 Å². The molecular weight excluding hydrogens is 264 g/mol. The molecule has 1 saturated carbocycles. The van der Waals surface area contributed by atoms with Gasteiger partial charge in [0.15, 0.2) is 0 Å². The van der Waals surface area contributed by atoms with Crippen LogP contribution in [0.15, 0.2) is 0 Å². The lowest BCUT2D eigenvalue weighted by atomic mass is 9.78. The molecule has 2 rings (SSSR count). The predicted octanol–water partition coefficient (Wildman–Crippen LogP) is 3.01. The number of carbonyl (C=O) groups excluding carboxylic acids is 2. The van der Waals surface area contributed by atoms with Crippen molar-refractivity contribution in [3.8, 4) is 0 Å². The van der Waals surface area contributed by atoms with Crippen LogP contribution in [-0.2, 0) is 9.59 Å². The highest BCUT2D eigenvalue weighted by molar-refractivity contribution is 5.98. The number of hydrogen-bond donors (Lipinski definition) is 1. The second kappa shape index (κ2) is 7.81. The molecule has 0 aromatic heterocycles. The summed E-state index contributed by atoms with van der Waals surface area (Å²) in [7, 11) is 0. The number of rotatable bonds is 7.